The van der Waals surface area contributed by atoms with Gasteiger partial charge in [-0.25, -0.2) is 13.2 Å². The molecule has 1 aromatic heterocycles. The Morgan fingerprint density at radius 2 is 1.76 bits per heavy atom. The van der Waals surface area contributed by atoms with Crippen molar-refractivity contribution in [3.8, 4) is 0 Å². The summed E-state index contributed by atoms with van der Waals surface area (Å²) in [6.07, 6.45) is 0. The predicted molar refractivity (Wildman–Crippen MR) is 128 cm³/mol. The van der Waals surface area contributed by atoms with E-state index in [0.29, 0.717) is 15.9 Å². The fraction of sp³-hybridized carbons (Fsp3) is 0.0476. The number of aromatic nitrogens is 3. The van der Waals surface area contributed by atoms with Crippen molar-refractivity contribution < 1.29 is 17.9 Å². The van der Waals surface area contributed by atoms with E-state index >= 15 is 0 Å². The van der Waals surface area contributed by atoms with Crippen LogP contribution in [-0.4, -0.2) is 29.4 Å². The molecular formula is C21H13Cl3N4O5S. The zero-order valence-electron chi connectivity index (χ0n) is 16.9. The van der Waals surface area contributed by atoms with Crippen molar-refractivity contribution in [1.82, 2.24) is 15.0 Å². The minimum Gasteiger partial charge on any atom is -0.438 e. The average Bonchev–Trinajstić information content (AvgIpc) is 2.78. The summed E-state index contributed by atoms with van der Waals surface area (Å²) in [6.45, 7) is -0.572. The Balaban J connectivity index is 1.60. The van der Waals surface area contributed by atoms with Gasteiger partial charge in [0.2, 0.25) is 0 Å². The number of fused-ring (bicyclic) bond motifs is 1. The third-order valence-electron chi connectivity index (χ3n) is 4.56. The van der Waals surface area contributed by atoms with E-state index in [1.54, 1.807) is 36.4 Å². The maximum atomic E-state index is 12.9. The molecule has 13 heteroatoms. The molecule has 0 aliphatic heterocycles. The van der Waals surface area contributed by atoms with Gasteiger partial charge in [-0.05, 0) is 42.5 Å². The molecule has 34 heavy (non-hydrogen) atoms. The van der Waals surface area contributed by atoms with Crippen molar-refractivity contribution >= 4 is 67.4 Å². The molecule has 0 aliphatic rings. The fourth-order valence-corrected chi connectivity index (χ4v) is 5.05. The van der Waals surface area contributed by atoms with Crippen LogP contribution in [0, 0.1) is 0 Å². The molecule has 0 fully saturated rings. The summed E-state index contributed by atoms with van der Waals surface area (Å²) in [5, 5.41) is 7.87. The second-order valence-electron chi connectivity index (χ2n) is 6.85. The van der Waals surface area contributed by atoms with E-state index < -0.39 is 33.2 Å². The van der Waals surface area contributed by atoms with E-state index in [2.05, 4.69) is 15.0 Å². The SMILES string of the molecule is O=C(OCn1nnc2ccccc2c1=O)c1cc(S(=O)(=O)Nc2cccc(Cl)c2)c(Cl)cc1Cl. The van der Waals surface area contributed by atoms with Crippen LogP contribution in [0.4, 0.5) is 5.69 Å². The maximum absolute atomic E-state index is 12.9. The number of rotatable bonds is 6. The van der Waals surface area contributed by atoms with Gasteiger partial charge in [-0.15, -0.1) is 5.10 Å². The largest absolute Gasteiger partial charge is 0.438 e. The minimum absolute atomic E-state index is 0.145. The van der Waals surface area contributed by atoms with Gasteiger partial charge in [0.1, 0.15) is 10.4 Å². The molecule has 0 radical (unpaired) electrons. The van der Waals surface area contributed by atoms with Gasteiger partial charge < -0.3 is 4.74 Å². The lowest BCUT2D eigenvalue weighted by Crippen LogP contribution is -2.26. The van der Waals surface area contributed by atoms with Gasteiger partial charge in [0, 0.05) is 5.02 Å². The van der Waals surface area contributed by atoms with Crippen LogP contribution in [0.5, 0.6) is 0 Å². The molecular weight excluding hydrogens is 527 g/mol. The molecule has 4 aromatic rings. The van der Waals surface area contributed by atoms with Crippen LogP contribution in [0.1, 0.15) is 10.4 Å². The number of hydrogen-bond acceptors (Lipinski definition) is 7. The number of carbonyl (C=O) groups excluding carboxylic acids is 1. The predicted octanol–water partition coefficient (Wildman–Crippen LogP) is 4.37. The number of carbonyl (C=O) groups is 1. The maximum Gasteiger partial charge on any atom is 0.341 e. The van der Waals surface area contributed by atoms with Crippen molar-refractivity contribution in [2.24, 2.45) is 0 Å². The van der Waals surface area contributed by atoms with Gasteiger partial charge in [-0.3, -0.25) is 9.52 Å². The molecule has 4 rings (SSSR count). The molecule has 0 saturated carbocycles. The molecule has 0 unspecified atom stereocenters. The summed E-state index contributed by atoms with van der Waals surface area (Å²) < 4.78 is 34.0. The average molecular weight is 540 g/mol. The van der Waals surface area contributed by atoms with Crippen LogP contribution < -0.4 is 10.3 Å². The van der Waals surface area contributed by atoms with Gasteiger partial charge in [0.15, 0.2) is 6.73 Å². The zero-order chi connectivity index (χ0) is 24.5. The lowest BCUT2D eigenvalue weighted by atomic mass is 10.2. The molecule has 1 heterocycles. The van der Waals surface area contributed by atoms with Crippen LogP contribution in [-0.2, 0) is 21.5 Å². The fourth-order valence-electron chi connectivity index (χ4n) is 2.96. The molecule has 9 nitrogen and oxygen atoms in total. The second-order valence-corrected chi connectivity index (χ2v) is 9.75. The summed E-state index contributed by atoms with van der Waals surface area (Å²) in [5.74, 6) is -0.997. The highest BCUT2D eigenvalue weighted by Crippen LogP contribution is 2.31. The van der Waals surface area contributed by atoms with Crippen LogP contribution in [0.15, 0.2) is 70.4 Å². The summed E-state index contributed by atoms with van der Waals surface area (Å²) >= 11 is 18.1. The topological polar surface area (TPSA) is 120 Å². The lowest BCUT2D eigenvalue weighted by Gasteiger charge is -2.13. The first kappa shape index (κ1) is 24.0. The molecule has 0 spiro atoms. The normalized spacial score (nSPS) is 11.4. The minimum atomic E-state index is -4.22. The van der Waals surface area contributed by atoms with Gasteiger partial charge in [-0.2, -0.15) is 4.68 Å². The molecule has 0 amide bonds. The van der Waals surface area contributed by atoms with E-state index in [9.17, 15) is 18.0 Å². The monoisotopic (exact) mass is 538 g/mol. The molecule has 0 aliphatic carbocycles. The lowest BCUT2D eigenvalue weighted by molar-refractivity contribution is 0.0336. The Bertz CT molecular complexity index is 1590. The Morgan fingerprint density at radius 1 is 1.00 bits per heavy atom. The highest BCUT2D eigenvalue weighted by molar-refractivity contribution is 7.92. The van der Waals surface area contributed by atoms with Crippen molar-refractivity contribution in [3.63, 3.8) is 0 Å². The molecule has 174 valence electrons. The van der Waals surface area contributed by atoms with Gasteiger partial charge in [0.25, 0.3) is 15.6 Å². The molecule has 0 saturated heterocycles. The standard InChI is InChI=1S/C21H13Cl3N4O5S/c22-12-4-3-5-13(8-12)26-34(31,32)19-9-15(16(23)10-17(19)24)21(30)33-11-28-20(29)14-6-1-2-7-18(14)25-27-28/h1-10,26H,11H2. The van der Waals surface area contributed by atoms with Crippen LogP contribution in [0.25, 0.3) is 10.9 Å². The first-order valence-corrected chi connectivity index (χ1v) is 12.0. The summed E-state index contributed by atoms with van der Waals surface area (Å²) in [4.78, 5) is 24.8. The Morgan fingerprint density at radius 3 is 2.53 bits per heavy atom. The molecule has 1 N–H and O–H groups in total. The summed E-state index contributed by atoms with van der Waals surface area (Å²) in [5.41, 5.74) is -0.219. The van der Waals surface area contributed by atoms with Gasteiger partial charge >= 0.3 is 5.97 Å². The number of benzene rings is 3. The first-order chi connectivity index (χ1) is 16.2. The molecule has 0 bridgehead atoms. The number of ether oxygens (including phenoxy) is 1. The van der Waals surface area contributed by atoms with Crippen LogP contribution in [0.2, 0.25) is 15.1 Å². The van der Waals surface area contributed by atoms with E-state index in [0.717, 1.165) is 16.8 Å². The zero-order valence-corrected chi connectivity index (χ0v) is 20.0. The second kappa shape index (κ2) is 9.59. The number of anilines is 1. The van der Waals surface area contributed by atoms with E-state index in [1.807, 2.05) is 0 Å². The number of nitrogens with zero attached hydrogens (tertiary/aromatic N) is 3. The van der Waals surface area contributed by atoms with E-state index in [4.69, 9.17) is 39.5 Å². The number of nitrogens with one attached hydrogen (secondary N) is 1. The summed E-state index contributed by atoms with van der Waals surface area (Å²) in [7, 11) is -4.22. The number of hydrogen-bond donors (Lipinski definition) is 1. The quantitative estimate of drug-likeness (QED) is 0.361. The number of sulfonamides is 1. The number of halogens is 3. The Kier molecular flexibility index (Phi) is 6.76. The molecule has 3 aromatic carbocycles. The Hall–Kier alpha value is -3.18. The third kappa shape index (κ3) is 5.00. The van der Waals surface area contributed by atoms with E-state index in [-0.39, 0.29) is 21.3 Å². The van der Waals surface area contributed by atoms with Crippen molar-refractivity contribution in [3.05, 3.63) is 91.6 Å². The van der Waals surface area contributed by atoms with Crippen molar-refractivity contribution in [2.45, 2.75) is 11.6 Å². The third-order valence-corrected chi connectivity index (χ3v) is 6.95. The Labute approximate surface area is 207 Å². The smallest absolute Gasteiger partial charge is 0.341 e. The molecule has 0 atom stereocenters. The van der Waals surface area contributed by atoms with Crippen LogP contribution in [0.3, 0.4) is 0 Å². The summed E-state index contributed by atoms with van der Waals surface area (Å²) in [6, 6.07) is 14.7. The van der Waals surface area contributed by atoms with Gasteiger partial charge in [0.05, 0.1) is 26.7 Å². The highest BCUT2D eigenvalue weighted by atomic mass is 35.5. The van der Waals surface area contributed by atoms with Crippen molar-refractivity contribution in [1.29, 1.82) is 0 Å². The van der Waals surface area contributed by atoms with Crippen LogP contribution >= 0.6 is 34.8 Å². The highest BCUT2D eigenvalue weighted by Gasteiger charge is 2.24. The first-order valence-electron chi connectivity index (χ1n) is 9.43. The van der Waals surface area contributed by atoms with Gasteiger partial charge in [-0.1, -0.05) is 58.2 Å². The number of esters is 1. The van der Waals surface area contributed by atoms with E-state index in [1.165, 1.54) is 12.1 Å². The van der Waals surface area contributed by atoms with Crippen molar-refractivity contribution in [2.75, 3.05) is 4.72 Å².